The third-order valence-corrected chi connectivity index (χ3v) is 2.74. The van der Waals surface area contributed by atoms with E-state index in [4.69, 9.17) is 0 Å². The van der Waals surface area contributed by atoms with Crippen LogP contribution in [0.2, 0.25) is 0 Å². The highest BCUT2D eigenvalue weighted by atomic mass is 19.1. The van der Waals surface area contributed by atoms with Crippen LogP contribution >= 0.6 is 0 Å². The SMILES string of the molecule is CC(C)(C)[C@@H]1CCCN1CCF. The Labute approximate surface area is 74.9 Å². The quantitative estimate of drug-likeness (QED) is 0.620. The molecule has 12 heavy (non-hydrogen) atoms. The van der Waals surface area contributed by atoms with Crippen molar-refractivity contribution in [3.63, 3.8) is 0 Å². The third-order valence-electron chi connectivity index (χ3n) is 2.74. The Morgan fingerprint density at radius 3 is 2.58 bits per heavy atom. The largest absolute Gasteiger partial charge is 0.297 e. The summed E-state index contributed by atoms with van der Waals surface area (Å²) in [6.45, 7) is 8.25. The Kier molecular flexibility index (Phi) is 3.10. The molecule has 1 heterocycles. The Morgan fingerprint density at radius 2 is 2.08 bits per heavy atom. The van der Waals surface area contributed by atoms with Crippen LogP contribution in [-0.4, -0.2) is 30.7 Å². The molecule has 0 radical (unpaired) electrons. The number of hydrogen-bond acceptors (Lipinski definition) is 1. The lowest BCUT2D eigenvalue weighted by Crippen LogP contribution is -2.40. The van der Waals surface area contributed by atoms with Crippen molar-refractivity contribution in [1.29, 1.82) is 0 Å². The maximum absolute atomic E-state index is 12.2. The number of halogens is 1. The third kappa shape index (κ3) is 2.19. The van der Waals surface area contributed by atoms with Crippen LogP contribution in [-0.2, 0) is 0 Å². The first-order valence-electron chi connectivity index (χ1n) is 4.85. The van der Waals surface area contributed by atoms with E-state index in [1.165, 1.54) is 12.8 Å². The molecule has 0 saturated carbocycles. The van der Waals surface area contributed by atoms with Gasteiger partial charge in [0, 0.05) is 12.6 Å². The molecule has 0 bridgehead atoms. The summed E-state index contributed by atoms with van der Waals surface area (Å²) >= 11 is 0. The van der Waals surface area contributed by atoms with Crippen molar-refractivity contribution in [3.8, 4) is 0 Å². The summed E-state index contributed by atoms with van der Waals surface area (Å²) in [6, 6.07) is 0.591. The zero-order chi connectivity index (χ0) is 9.19. The van der Waals surface area contributed by atoms with Gasteiger partial charge in [0.05, 0.1) is 0 Å². The van der Waals surface area contributed by atoms with Gasteiger partial charge in [0.15, 0.2) is 0 Å². The molecule has 0 N–H and O–H groups in total. The van der Waals surface area contributed by atoms with Gasteiger partial charge in [-0.25, -0.2) is 4.39 Å². The van der Waals surface area contributed by atoms with Gasteiger partial charge in [-0.2, -0.15) is 0 Å². The van der Waals surface area contributed by atoms with Crippen LogP contribution in [0.3, 0.4) is 0 Å². The minimum absolute atomic E-state index is 0.202. The molecule has 1 rings (SSSR count). The van der Waals surface area contributed by atoms with Crippen LogP contribution in [0, 0.1) is 5.41 Å². The zero-order valence-electron chi connectivity index (χ0n) is 8.44. The number of nitrogens with zero attached hydrogens (tertiary/aromatic N) is 1. The average Bonchev–Trinajstić information content (AvgIpc) is 2.34. The summed E-state index contributed by atoms with van der Waals surface area (Å²) in [4.78, 5) is 2.29. The van der Waals surface area contributed by atoms with E-state index in [9.17, 15) is 4.39 Å². The van der Waals surface area contributed by atoms with E-state index in [-0.39, 0.29) is 6.67 Å². The van der Waals surface area contributed by atoms with Crippen LogP contribution < -0.4 is 0 Å². The number of hydrogen-bond donors (Lipinski definition) is 0. The second-order valence-corrected chi connectivity index (χ2v) is 4.75. The smallest absolute Gasteiger partial charge is 0.102 e. The standard InChI is InChI=1S/C10H20FN/c1-10(2,3)9-5-4-7-12(9)8-6-11/h9H,4-8H2,1-3H3/t9-/m0/s1. The van der Waals surface area contributed by atoms with Crippen molar-refractivity contribution < 1.29 is 4.39 Å². The summed E-state index contributed by atoms with van der Waals surface area (Å²) in [6.07, 6.45) is 2.48. The van der Waals surface area contributed by atoms with E-state index in [1.54, 1.807) is 0 Å². The first kappa shape index (κ1) is 9.97. The number of likely N-dealkylation sites (tertiary alicyclic amines) is 1. The normalized spacial score (nSPS) is 26.5. The van der Waals surface area contributed by atoms with Crippen molar-refractivity contribution in [1.82, 2.24) is 4.90 Å². The lowest BCUT2D eigenvalue weighted by Gasteiger charge is -2.34. The molecule has 1 fully saturated rings. The van der Waals surface area contributed by atoms with Crippen molar-refractivity contribution in [2.45, 2.75) is 39.7 Å². The molecule has 72 valence electrons. The molecule has 0 spiro atoms. The van der Waals surface area contributed by atoms with E-state index >= 15 is 0 Å². The van der Waals surface area contributed by atoms with E-state index in [1.807, 2.05) is 0 Å². The zero-order valence-corrected chi connectivity index (χ0v) is 8.44. The molecule has 0 amide bonds. The number of alkyl halides is 1. The van der Waals surface area contributed by atoms with E-state index in [0.717, 1.165) is 6.54 Å². The monoisotopic (exact) mass is 173 g/mol. The highest BCUT2D eigenvalue weighted by Crippen LogP contribution is 2.32. The molecule has 1 aliphatic rings. The van der Waals surface area contributed by atoms with E-state index in [0.29, 0.717) is 18.0 Å². The fourth-order valence-electron chi connectivity index (χ4n) is 2.18. The maximum atomic E-state index is 12.2. The molecule has 2 heteroatoms. The molecule has 1 saturated heterocycles. The second kappa shape index (κ2) is 3.73. The summed E-state index contributed by atoms with van der Waals surface area (Å²) in [7, 11) is 0. The van der Waals surface area contributed by atoms with Crippen molar-refractivity contribution >= 4 is 0 Å². The fourth-order valence-corrected chi connectivity index (χ4v) is 2.18. The van der Waals surface area contributed by atoms with E-state index < -0.39 is 0 Å². The van der Waals surface area contributed by atoms with Crippen molar-refractivity contribution in [3.05, 3.63) is 0 Å². The van der Waals surface area contributed by atoms with Gasteiger partial charge >= 0.3 is 0 Å². The Bertz CT molecular complexity index is 139. The Balaban J connectivity index is 2.52. The Morgan fingerprint density at radius 1 is 1.42 bits per heavy atom. The lowest BCUT2D eigenvalue weighted by atomic mass is 9.85. The van der Waals surface area contributed by atoms with Crippen LogP contribution in [0.1, 0.15) is 33.6 Å². The number of rotatable bonds is 2. The lowest BCUT2D eigenvalue weighted by molar-refractivity contribution is 0.133. The minimum atomic E-state index is -0.202. The Hall–Kier alpha value is -0.110. The highest BCUT2D eigenvalue weighted by Gasteiger charge is 2.33. The highest BCUT2D eigenvalue weighted by molar-refractivity contribution is 4.87. The molecule has 0 aromatic rings. The van der Waals surface area contributed by atoms with Gasteiger partial charge in [0.1, 0.15) is 6.67 Å². The van der Waals surface area contributed by atoms with Crippen LogP contribution in [0.4, 0.5) is 4.39 Å². The van der Waals surface area contributed by atoms with Gasteiger partial charge in [-0.05, 0) is 24.8 Å². The van der Waals surface area contributed by atoms with Gasteiger partial charge in [0.25, 0.3) is 0 Å². The minimum Gasteiger partial charge on any atom is -0.297 e. The van der Waals surface area contributed by atoms with Crippen molar-refractivity contribution in [2.75, 3.05) is 19.8 Å². The molecule has 1 aliphatic heterocycles. The molecule has 1 atom stereocenters. The summed E-state index contributed by atoms with van der Waals surface area (Å²) < 4.78 is 12.2. The summed E-state index contributed by atoms with van der Waals surface area (Å²) in [5.74, 6) is 0. The average molecular weight is 173 g/mol. The topological polar surface area (TPSA) is 3.24 Å². The molecule has 1 nitrogen and oxygen atoms in total. The first-order chi connectivity index (χ1) is 5.55. The van der Waals surface area contributed by atoms with Crippen LogP contribution in [0.25, 0.3) is 0 Å². The summed E-state index contributed by atoms with van der Waals surface area (Å²) in [5.41, 5.74) is 0.311. The van der Waals surface area contributed by atoms with Gasteiger partial charge in [-0.1, -0.05) is 20.8 Å². The maximum Gasteiger partial charge on any atom is 0.102 e. The second-order valence-electron chi connectivity index (χ2n) is 4.75. The predicted octanol–water partition coefficient (Wildman–Crippen LogP) is 2.47. The summed E-state index contributed by atoms with van der Waals surface area (Å²) in [5, 5.41) is 0. The molecular formula is C10H20FN. The predicted molar refractivity (Wildman–Crippen MR) is 50.0 cm³/mol. The van der Waals surface area contributed by atoms with Crippen LogP contribution in [0.5, 0.6) is 0 Å². The molecule has 0 aromatic heterocycles. The fraction of sp³-hybridized carbons (Fsp3) is 1.00. The van der Waals surface area contributed by atoms with E-state index in [2.05, 4.69) is 25.7 Å². The molecular weight excluding hydrogens is 153 g/mol. The van der Waals surface area contributed by atoms with Gasteiger partial charge < -0.3 is 0 Å². The van der Waals surface area contributed by atoms with Gasteiger partial charge in [-0.15, -0.1) is 0 Å². The molecule has 0 unspecified atom stereocenters. The first-order valence-corrected chi connectivity index (χ1v) is 4.85. The van der Waals surface area contributed by atoms with Crippen LogP contribution in [0.15, 0.2) is 0 Å². The van der Waals surface area contributed by atoms with Gasteiger partial charge in [0.2, 0.25) is 0 Å². The van der Waals surface area contributed by atoms with Crippen molar-refractivity contribution in [2.24, 2.45) is 5.41 Å². The van der Waals surface area contributed by atoms with Gasteiger partial charge in [-0.3, -0.25) is 4.90 Å². The molecule has 0 aliphatic carbocycles. The molecule has 0 aromatic carbocycles.